The van der Waals surface area contributed by atoms with Crippen molar-refractivity contribution in [2.75, 3.05) is 45.9 Å². The fourth-order valence-corrected chi connectivity index (χ4v) is 4.36. The van der Waals surface area contributed by atoms with Crippen molar-refractivity contribution in [3.63, 3.8) is 0 Å². The third kappa shape index (κ3) is 4.33. The molecule has 8 heteroatoms. The minimum absolute atomic E-state index is 0.0545. The SMILES string of the molecule is O=S(=O)(NC[C@H](c1ccco1)N1CCCCC1)N1CCOCC1. The summed E-state index contributed by atoms with van der Waals surface area (Å²) < 4.78 is 39.9. The fraction of sp³-hybridized carbons (Fsp3) is 0.733. The van der Waals surface area contributed by atoms with Crippen molar-refractivity contribution in [1.29, 1.82) is 0 Å². The number of nitrogens with zero attached hydrogens (tertiary/aromatic N) is 2. The third-order valence-corrected chi connectivity index (χ3v) is 6.05. The Bertz CT molecular complexity index is 564. The summed E-state index contributed by atoms with van der Waals surface area (Å²) in [5.41, 5.74) is 0. The van der Waals surface area contributed by atoms with Crippen molar-refractivity contribution in [2.24, 2.45) is 0 Å². The molecule has 3 rings (SSSR count). The molecule has 0 bridgehead atoms. The largest absolute Gasteiger partial charge is 0.468 e. The number of piperidine rings is 1. The van der Waals surface area contributed by atoms with E-state index in [1.807, 2.05) is 12.1 Å². The maximum atomic E-state index is 12.5. The fourth-order valence-electron chi connectivity index (χ4n) is 3.18. The molecule has 3 heterocycles. The molecule has 130 valence electrons. The van der Waals surface area contributed by atoms with Crippen LogP contribution in [0.3, 0.4) is 0 Å². The average Bonchev–Trinajstić information content (AvgIpc) is 3.11. The van der Waals surface area contributed by atoms with Gasteiger partial charge in [0, 0.05) is 19.6 Å². The van der Waals surface area contributed by atoms with Crippen LogP contribution in [0.2, 0.25) is 0 Å². The highest BCUT2D eigenvalue weighted by Crippen LogP contribution is 2.24. The van der Waals surface area contributed by atoms with Gasteiger partial charge < -0.3 is 9.15 Å². The lowest BCUT2D eigenvalue weighted by molar-refractivity contribution is 0.0721. The molecule has 23 heavy (non-hydrogen) atoms. The maximum Gasteiger partial charge on any atom is 0.279 e. The normalized spacial score (nSPS) is 23.0. The summed E-state index contributed by atoms with van der Waals surface area (Å²) in [5, 5.41) is 0. The third-order valence-electron chi connectivity index (χ3n) is 4.47. The molecule has 1 N–H and O–H groups in total. The lowest BCUT2D eigenvalue weighted by atomic mass is 10.1. The van der Waals surface area contributed by atoms with Gasteiger partial charge in [-0.15, -0.1) is 0 Å². The molecular weight excluding hydrogens is 318 g/mol. The van der Waals surface area contributed by atoms with Crippen LogP contribution in [0.25, 0.3) is 0 Å². The molecule has 0 aromatic carbocycles. The first-order chi connectivity index (χ1) is 11.2. The van der Waals surface area contributed by atoms with E-state index < -0.39 is 10.2 Å². The number of rotatable bonds is 6. The van der Waals surface area contributed by atoms with Gasteiger partial charge in [-0.2, -0.15) is 12.7 Å². The van der Waals surface area contributed by atoms with Crippen LogP contribution >= 0.6 is 0 Å². The van der Waals surface area contributed by atoms with Gasteiger partial charge in [-0.3, -0.25) is 4.90 Å². The summed E-state index contributed by atoms with van der Waals surface area (Å²) in [5.74, 6) is 0.816. The van der Waals surface area contributed by atoms with Crippen molar-refractivity contribution in [3.8, 4) is 0 Å². The molecule has 0 amide bonds. The van der Waals surface area contributed by atoms with Crippen LogP contribution in [0.15, 0.2) is 22.8 Å². The van der Waals surface area contributed by atoms with E-state index in [4.69, 9.17) is 9.15 Å². The van der Waals surface area contributed by atoms with E-state index in [1.165, 1.54) is 10.7 Å². The Labute approximate surface area is 137 Å². The molecule has 0 unspecified atom stereocenters. The first kappa shape index (κ1) is 16.9. The zero-order valence-corrected chi connectivity index (χ0v) is 14.1. The van der Waals surface area contributed by atoms with Crippen LogP contribution in [0.4, 0.5) is 0 Å². The van der Waals surface area contributed by atoms with Crippen LogP contribution in [0.1, 0.15) is 31.1 Å². The monoisotopic (exact) mass is 343 g/mol. The zero-order valence-electron chi connectivity index (χ0n) is 13.3. The molecule has 0 saturated carbocycles. The molecule has 2 aliphatic rings. The topological polar surface area (TPSA) is 75.0 Å². The molecule has 1 aromatic rings. The van der Waals surface area contributed by atoms with Gasteiger partial charge in [-0.1, -0.05) is 6.42 Å². The standard InChI is InChI=1S/C15H25N3O4S/c19-23(20,18-8-11-21-12-9-18)16-13-14(15-5-4-10-22-15)17-6-2-1-3-7-17/h4-5,10,14,16H,1-3,6-9,11-13H2/t14-/m1/s1. The van der Waals surface area contributed by atoms with Crippen LogP contribution in [-0.4, -0.2) is 63.6 Å². The molecule has 1 atom stereocenters. The Hall–Kier alpha value is -0.930. The molecule has 7 nitrogen and oxygen atoms in total. The lowest BCUT2D eigenvalue weighted by Crippen LogP contribution is -2.49. The molecule has 0 aliphatic carbocycles. The molecule has 1 aromatic heterocycles. The predicted octanol–water partition coefficient (Wildman–Crippen LogP) is 0.973. The Balaban J connectivity index is 1.66. The summed E-state index contributed by atoms with van der Waals surface area (Å²) in [6, 6.07) is 3.71. The van der Waals surface area contributed by atoms with Gasteiger partial charge in [0.15, 0.2) is 0 Å². The van der Waals surface area contributed by atoms with Gasteiger partial charge in [0.2, 0.25) is 0 Å². The first-order valence-electron chi connectivity index (χ1n) is 8.27. The van der Waals surface area contributed by atoms with Gasteiger partial charge in [0.1, 0.15) is 5.76 Å². The lowest BCUT2D eigenvalue weighted by Gasteiger charge is -2.34. The van der Waals surface area contributed by atoms with Crippen LogP contribution in [0.5, 0.6) is 0 Å². The van der Waals surface area contributed by atoms with E-state index in [-0.39, 0.29) is 6.04 Å². The maximum absolute atomic E-state index is 12.5. The van der Waals surface area contributed by atoms with Gasteiger partial charge >= 0.3 is 0 Å². The van der Waals surface area contributed by atoms with Gasteiger partial charge in [-0.25, -0.2) is 4.72 Å². The molecule has 2 fully saturated rings. The van der Waals surface area contributed by atoms with E-state index >= 15 is 0 Å². The minimum Gasteiger partial charge on any atom is -0.468 e. The van der Waals surface area contributed by atoms with Crippen molar-refractivity contribution < 1.29 is 17.6 Å². The Morgan fingerprint density at radius 1 is 1.13 bits per heavy atom. The van der Waals surface area contributed by atoms with Crippen LogP contribution < -0.4 is 4.72 Å². The predicted molar refractivity (Wildman–Crippen MR) is 86.2 cm³/mol. The van der Waals surface area contributed by atoms with Crippen LogP contribution in [-0.2, 0) is 14.9 Å². The smallest absolute Gasteiger partial charge is 0.279 e. The van der Waals surface area contributed by atoms with Crippen molar-refractivity contribution in [1.82, 2.24) is 13.9 Å². The summed E-state index contributed by atoms with van der Waals surface area (Å²) in [6.45, 7) is 4.00. The number of nitrogens with one attached hydrogen (secondary N) is 1. The Morgan fingerprint density at radius 3 is 2.52 bits per heavy atom. The zero-order chi connectivity index (χ0) is 16.1. The van der Waals surface area contributed by atoms with Crippen molar-refractivity contribution >= 4 is 10.2 Å². The number of likely N-dealkylation sites (tertiary alicyclic amines) is 1. The average molecular weight is 343 g/mol. The van der Waals surface area contributed by atoms with E-state index in [2.05, 4.69) is 9.62 Å². The molecule has 2 aliphatic heterocycles. The second kappa shape index (κ2) is 7.76. The van der Waals surface area contributed by atoms with Crippen LogP contribution in [0, 0.1) is 0 Å². The molecule has 0 radical (unpaired) electrons. The van der Waals surface area contributed by atoms with Gasteiger partial charge in [-0.05, 0) is 38.1 Å². The van der Waals surface area contributed by atoms with Crippen molar-refractivity contribution in [2.45, 2.75) is 25.3 Å². The van der Waals surface area contributed by atoms with Crippen molar-refractivity contribution in [3.05, 3.63) is 24.2 Å². The number of morpholine rings is 1. The summed E-state index contributed by atoms with van der Waals surface area (Å²) >= 11 is 0. The van der Waals surface area contributed by atoms with E-state index in [1.54, 1.807) is 6.26 Å². The summed E-state index contributed by atoms with van der Waals surface area (Å²) in [7, 11) is -3.47. The van der Waals surface area contributed by atoms with E-state index in [0.29, 0.717) is 32.8 Å². The number of hydrogen-bond acceptors (Lipinski definition) is 5. The quantitative estimate of drug-likeness (QED) is 0.833. The summed E-state index contributed by atoms with van der Waals surface area (Å²) in [6.07, 6.45) is 5.17. The second-order valence-corrected chi connectivity index (χ2v) is 7.75. The number of ether oxygens (including phenoxy) is 1. The van der Waals surface area contributed by atoms with E-state index in [0.717, 1.165) is 31.7 Å². The second-order valence-electron chi connectivity index (χ2n) is 5.99. The summed E-state index contributed by atoms with van der Waals surface area (Å²) in [4.78, 5) is 2.31. The van der Waals surface area contributed by atoms with Gasteiger partial charge in [0.05, 0.1) is 25.5 Å². The Kier molecular flexibility index (Phi) is 5.71. The highest BCUT2D eigenvalue weighted by atomic mass is 32.2. The molecule has 0 spiro atoms. The Morgan fingerprint density at radius 2 is 1.87 bits per heavy atom. The highest BCUT2D eigenvalue weighted by molar-refractivity contribution is 7.87. The highest BCUT2D eigenvalue weighted by Gasteiger charge is 2.29. The first-order valence-corrected chi connectivity index (χ1v) is 9.71. The van der Waals surface area contributed by atoms with Gasteiger partial charge in [0.25, 0.3) is 10.2 Å². The minimum atomic E-state index is -3.47. The molecular formula is C15H25N3O4S. The number of furan rings is 1. The molecule has 2 saturated heterocycles. The number of hydrogen-bond donors (Lipinski definition) is 1. The van der Waals surface area contributed by atoms with E-state index in [9.17, 15) is 8.42 Å².